The van der Waals surface area contributed by atoms with Gasteiger partial charge in [0.25, 0.3) is 0 Å². The van der Waals surface area contributed by atoms with Gasteiger partial charge in [0.15, 0.2) is 0 Å². The van der Waals surface area contributed by atoms with Crippen LogP contribution >= 0.6 is 0 Å². The van der Waals surface area contributed by atoms with Crippen molar-refractivity contribution in [2.45, 2.75) is 46.1 Å². The molecule has 0 amide bonds. The minimum absolute atomic E-state index is 0.367. The zero-order valence-corrected chi connectivity index (χ0v) is 12.8. The zero-order valence-electron chi connectivity index (χ0n) is 12.8. The summed E-state index contributed by atoms with van der Waals surface area (Å²) < 4.78 is 5.37. The molecular weight excluding hydrogens is 254 g/mol. The summed E-state index contributed by atoms with van der Waals surface area (Å²) in [5.41, 5.74) is 0. The average molecular weight is 279 g/mol. The van der Waals surface area contributed by atoms with Gasteiger partial charge in [-0.3, -0.25) is 0 Å². The lowest BCUT2D eigenvalue weighted by atomic mass is 9.79. The molecule has 0 spiro atoms. The van der Waals surface area contributed by atoms with Crippen LogP contribution < -0.4 is 15.4 Å². The van der Waals surface area contributed by atoms with E-state index in [1.165, 1.54) is 6.42 Å². The van der Waals surface area contributed by atoms with Crippen LogP contribution in [0, 0.1) is 11.8 Å². The molecule has 1 fully saturated rings. The lowest BCUT2D eigenvalue weighted by molar-refractivity contribution is 0.260. The van der Waals surface area contributed by atoms with Gasteiger partial charge in [-0.1, -0.05) is 13.8 Å². The number of anilines is 2. The summed E-state index contributed by atoms with van der Waals surface area (Å²) in [7, 11) is 1.79. The Hall–Kier alpha value is -1.59. The third-order valence-corrected chi connectivity index (χ3v) is 4.04. The van der Waals surface area contributed by atoms with Crippen LogP contribution in [0.2, 0.25) is 0 Å². The van der Waals surface area contributed by atoms with Crippen molar-refractivity contribution in [1.29, 1.82) is 0 Å². The van der Waals surface area contributed by atoms with Gasteiger partial charge in [0.1, 0.15) is 0 Å². The fourth-order valence-corrected chi connectivity index (χ4v) is 2.59. The molecule has 0 bridgehead atoms. The van der Waals surface area contributed by atoms with E-state index in [0.717, 1.165) is 24.7 Å². The minimum Gasteiger partial charge on any atom is -0.464 e. The van der Waals surface area contributed by atoms with Gasteiger partial charge in [0.2, 0.25) is 11.9 Å². The quantitative estimate of drug-likeness (QED) is 0.863. The van der Waals surface area contributed by atoms with E-state index in [2.05, 4.69) is 39.4 Å². The first-order valence-electron chi connectivity index (χ1n) is 7.45. The van der Waals surface area contributed by atoms with Crippen LogP contribution in [0.1, 0.15) is 40.0 Å². The molecule has 20 heavy (non-hydrogen) atoms. The first kappa shape index (κ1) is 14.8. The molecule has 1 aliphatic carbocycles. The van der Waals surface area contributed by atoms with Gasteiger partial charge in [-0.05, 0) is 38.0 Å². The summed E-state index contributed by atoms with van der Waals surface area (Å²) in [4.78, 5) is 12.8. The van der Waals surface area contributed by atoms with E-state index < -0.39 is 0 Å². The van der Waals surface area contributed by atoms with Crippen molar-refractivity contribution in [3.63, 3.8) is 0 Å². The number of rotatable bonds is 5. The van der Waals surface area contributed by atoms with E-state index in [1.807, 2.05) is 6.92 Å². The number of ether oxygens (including phenoxy) is 1. The van der Waals surface area contributed by atoms with Crippen LogP contribution in [0.4, 0.5) is 11.9 Å². The molecule has 6 heteroatoms. The van der Waals surface area contributed by atoms with Crippen LogP contribution in [0.15, 0.2) is 0 Å². The van der Waals surface area contributed by atoms with Gasteiger partial charge >= 0.3 is 6.01 Å². The highest BCUT2D eigenvalue weighted by Gasteiger charge is 2.25. The monoisotopic (exact) mass is 279 g/mol. The lowest BCUT2D eigenvalue weighted by Gasteiger charge is -2.32. The van der Waals surface area contributed by atoms with Crippen LogP contribution in [0.25, 0.3) is 0 Å². The van der Waals surface area contributed by atoms with Crippen LogP contribution in [0.5, 0.6) is 6.01 Å². The second-order valence-electron chi connectivity index (χ2n) is 5.56. The van der Waals surface area contributed by atoms with E-state index in [-0.39, 0.29) is 0 Å². The highest BCUT2D eigenvalue weighted by Crippen LogP contribution is 2.30. The normalized spacial score (nSPS) is 26.1. The van der Waals surface area contributed by atoms with Gasteiger partial charge in [0, 0.05) is 13.1 Å². The second kappa shape index (κ2) is 6.72. The zero-order chi connectivity index (χ0) is 14.5. The van der Waals surface area contributed by atoms with Crippen LogP contribution in [-0.2, 0) is 0 Å². The highest BCUT2D eigenvalue weighted by molar-refractivity contribution is 5.36. The molecule has 1 heterocycles. The smallest absolute Gasteiger partial charge is 0.323 e. The fraction of sp³-hybridized carbons (Fsp3) is 0.786. The third kappa shape index (κ3) is 3.71. The fourth-order valence-electron chi connectivity index (χ4n) is 2.59. The van der Waals surface area contributed by atoms with Gasteiger partial charge in [-0.2, -0.15) is 15.0 Å². The van der Waals surface area contributed by atoms with Gasteiger partial charge in [-0.25, -0.2) is 0 Å². The molecule has 6 nitrogen and oxygen atoms in total. The molecule has 1 aliphatic rings. The maximum Gasteiger partial charge on any atom is 0.323 e. The Morgan fingerprint density at radius 2 is 1.85 bits per heavy atom. The Balaban J connectivity index is 2.06. The Bertz CT molecular complexity index is 440. The molecule has 0 saturated heterocycles. The molecule has 0 aromatic carbocycles. The number of nitrogens with one attached hydrogen (secondary N) is 2. The molecule has 3 unspecified atom stereocenters. The molecule has 1 saturated carbocycles. The van der Waals surface area contributed by atoms with Crippen molar-refractivity contribution in [1.82, 2.24) is 15.0 Å². The van der Waals surface area contributed by atoms with Gasteiger partial charge < -0.3 is 15.4 Å². The van der Waals surface area contributed by atoms with Gasteiger partial charge in [0.05, 0.1) is 6.61 Å². The molecule has 3 atom stereocenters. The molecule has 0 radical (unpaired) electrons. The first-order chi connectivity index (χ1) is 9.62. The summed E-state index contributed by atoms with van der Waals surface area (Å²) in [5.74, 6) is 2.67. The number of aromatic nitrogens is 3. The second-order valence-corrected chi connectivity index (χ2v) is 5.56. The summed E-state index contributed by atoms with van der Waals surface area (Å²) in [6.07, 6.45) is 3.57. The molecule has 2 rings (SSSR count). The van der Waals surface area contributed by atoms with Crippen LogP contribution in [-0.4, -0.2) is 34.6 Å². The Morgan fingerprint density at radius 3 is 2.50 bits per heavy atom. The SMILES string of the molecule is CCOc1nc(NC)nc(NC2CCC(C)C(C)C2)n1. The van der Waals surface area contributed by atoms with Crippen molar-refractivity contribution >= 4 is 11.9 Å². The summed E-state index contributed by atoms with van der Waals surface area (Å²) in [5, 5.41) is 6.36. The number of nitrogens with zero attached hydrogens (tertiary/aromatic N) is 3. The van der Waals surface area contributed by atoms with E-state index in [4.69, 9.17) is 4.74 Å². The van der Waals surface area contributed by atoms with Crippen molar-refractivity contribution < 1.29 is 4.74 Å². The van der Waals surface area contributed by atoms with E-state index in [0.29, 0.717) is 30.6 Å². The Kier molecular flexibility index (Phi) is 4.98. The standard InChI is InChI=1S/C14H25N5O/c1-5-20-14-18-12(15-4)17-13(19-14)16-11-7-6-9(2)10(3)8-11/h9-11H,5-8H2,1-4H3,(H2,15,16,17,18,19). The number of hydrogen-bond donors (Lipinski definition) is 2. The van der Waals surface area contributed by atoms with E-state index in [9.17, 15) is 0 Å². The Labute approximate surface area is 120 Å². The van der Waals surface area contributed by atoms with Crippen molar-refractivity contribution in [2.24, 2.45) is 11.8 Å². The molecule has 1 aromatic rings. The van der Waals surface area contributed by atoms with Gasteiger partial charge in [-0.15, -0.1) is 0 Å². The summed E-state index contributed by atoms with van der Waals surface area (Å²) in [6, 6.07) is 0.800. The van der Waals surface area contributed by atoms with E-state index >= 15 is 0 Å². The average Bonchev–Trinajstić information content (AvgIpc) is 2.43. The topological polar surface area (TPSA) is 72.0 Å². The third-order valence-electron chi connectivity index (χ3n) is 4.04. The van der Waals surface area contributed by atoms with Crippen molar-refractivity contribution in [3.05, 3.63) is 0 Å². The Morgan fingerprint density at radius 1 is 1.10 bits per heavy atom. The summed E-state index contributed by atoms with van der Waals surface area (Å²) in [6.45, 7) is 7.11. The maximum atomic E-state index is 5.37. The van der Waals surface area contributed by atoms with Crippen molar-refractivity contribution in [3.8, 4) is 6.01 Å². The first-order valence-corrected chi connectivity index (χ1v) is 7.45. The summed E-state index contributed by atoms with van der Waals surface area (Å²) >= 11 is 0. The largest absolute Gasteiger partial charge is 0.464 e. The minimum atomic E-state index is 0.367. The lowest BCUT2D eigenvalue weighted by Crippen LogP contribution is -2.31. The van der Waals surface area contributed by atoms with Crippen molar-refractivity contribution in [2.75, 3.05) is 24.3 Å². The molecular formula is C14H25N5O. The molecule has 0 aliphatic heterocycles. The maximum absolute atomic E-state index is 5.37. The predicted octanol–water partition coefficient (Wildman–Crippen LogP) is 2.55. The predicted molar refractivity (Wildman–Crippen MR) is 80.1 cm³/mol. The van der Waals surface area contributed by atoms with E-state index in [1.54, 1.807) is 7.05 Å². The van der Waals surface area contributed by atoms with Crippen LogP contribution in [0.3, 0.4) is 0 Å². The molecule has 112 valence electrons. The number of hydrogen-bond acceptors (Lipinski definition) is 6. The highest BCUT2D eigenvalue weighted by atomic mass is 16.5. The molecule has 2 N–H and O–H groups in total. The molecule has 1 aromatic heterocycles.